The Bertz CT molecular complexity index is 148. The van der Waals surface area contributed by atoms with E-state index in [1.165, 1.54) is 32.6 Å². The van der Waals surface area contributed by atoms with E-state index < -0.39 is 0 Å². The lowest BCUT2D eigenvalue weighted by molar-refractivity contribution is 0.110. The molecule has 1 saturated heterocycles. The Hall–Kier alpha value is -0.340. The van der Waals surface area contributed by atoms with E-state index in [4.69, 9.17) is 0 Å². The van der Waals surface area contributed by atoms with E-state index in [1.54, 1.807) is 0 Å². The van der Waals surface area contributed by atoms with Gasteiger partial charge in [-0.05, 0) is 19.9 Å². The Labute approximate surface area is 82.2 Å². The van der Waals surface area contributed by atoms with Crippen LogP contribution in [0.25, 0.3) is 0 Å². The highest BCUT2D eigenvalue weighted by molar-refractivity contribution is 4.82. The van der Waals surface area contributed by atoms with Gasteiger partial charge in [0.05, 0.1) is 0 Å². The van der Waals surface area contributed by atoms with E-state index >= 15 is 0 Å². The molecule has 1 rings (SSSR count). The van der Waals surface area contributed by atoms with Gasteiger partial charge >= 0.3 is 0 Å². The van der Waals surface area contributed by atoms with Crippen LogP contribution in [0.3, 0.4) is 0 Å². The van der Waals surface area contributed by atoms with Crippen LogP contribution < -0.4 is 0 Å². The molecule has 2 heteroatoms. The molecule has 0 bridgehead atoms. The first-order valence-corrected chi connectivity index (χ1v) is 5.31. The summed E-state index contributed by atoms with van der Waals surface area (Å²) in [5.74, 6) is 0. The first-order chi connectivity index (χ1) is 6.27. The number of piperazine rings is 1. The number of rotatable bonds is 4. The minimum atomic E-state index is 0.728. The van der Waals surface area contributed by atoms with Crippen molar-refractivity contribution in [2.24, 2.45) is 0 Å². The molecule has 0 amide bonds. The number of hydrogen-bond donors (Lipinski definition) is 0. The van der Waals surface area contributed by atoms with Gasteiger partial charge in [0.1, 0.15) is 0 Å². The highest BCUT2D eigenvalue weighted by atomic mass is 15.3. The van der Waals surface area contributed by atoms with E-state index in [0.29, 0.717) is 0 Å². The molecule has 1 aliphatic heterocycles. The molecule has 76 valence electrons. The fourth-order valence-electron chi connectivity index (χ4n) is 1.95. The SMILES string of the molecule is C=CCC(CC)N1CCN(C)CC1. The molecule has 1 heterocycles. The lowest BCUT2D eigenvalue weighted by atomic mass is 10.1. The Kier molecular flexibility index (Phi) is 4.46. The molecule has 0 spiro atoms. The molecule has 2 nitrogen and oxygen atoms in total. The van der Waals surface area contributed by atoms with Gasteiger partial charge in [0, 0.05) is 32.2 Å². The van der Waals surface area contributed by atoms with Crippen molar-refractivity contribution in [1.82, 2.24) is 9.80 Å². The molecule has 0 saturated carbocycles. The van der Waals surface area contributed by atoms with Crippen molar-refractivity contribution >= 4 is 0 Å². The van der Waals surface area contributed by atoms with Gasteiger partial charge in [-0.1, -0.05) is 13.0 Å². The lowest BCUT2D eigenvalue weighted by Gasteiger charge is -2.37. The van der Waals surface area contributed by atoms with Crippen LogP contribution in [0.5, 0.6) is 0 Å². The molecule has 1 atom stereocenters. The second kappa shape index (κ2) is 5.40. The summed E-state index contributed by atoms with van der Waals surface area (Å²) in [5.41, 5.74) is 0. The number of hydrogen-bond acceptors (Lipinski definition) is 2. The van der Waals surface area contributed by atoms with Crippen molar-refractivity contribution in [3.63, 3.8) is 0 Å². The molecule has 0 aromatic heterocycles. The van der Waals surface area contributed by atoms with Crippen LogP contribution in [-0.2, 0) is 0 Å². The van der Waals surface area contributed by atoms with Crippen LogP contribution in [0.4, 0.5) is 0 Å². The predicted molar refractivity (Wildman–Crippen MR) is 58.0 cm³/mol. The van der Waals surface area contributed by atoms with Crippen LogP contribution in [0.1, 0.15) is 19.8 Å². The zero-order chi connectivity index (χ0) is 9.68. The Balaban J connectivity index is 2.36. The van der Waals surface area contributed by atoms with Gasteiger partial charge in [0.25, 0.3) is 0 Å². The zero-order valence-corrected chi connectivity index (χ0v) is 9.00. The van der Waals surface area contributed by atoms with Gasteiger partial charge in [-0.15, -0.1) is 6.58 Å². The Morgan fingerprint density at radius 2 is 1.92 bits per heavy atom. The van der Waals surface area contributed by atoms with Crippen molar-refractivity contribution < 1.29 is 0 Å². The first-order valence-electron chi connectivity index (χ1n) is 5.31. The first kappa shape index (κ1) is 10.7. The van der Waals surface area contributed by atoms with Crippen molar-refractivity contribution in [1.29, 1.82) is 0 Å². The van der Waals surface area contributed by atoms with Crippen LogP contribution in [0.15, 0.2) is 12.7 Å². The highest BCUT2D eigenvalue weighted by Gasteiger charge is 2.19. The van der Waals surface area contributed by atoms with Gasteiger partial charge in [-0.25, -0.2) is 0 Å². The molecule has 0 aliphatic carbocycles. The van der Waals surface area contributed by atoms with Crippen molar-refractivity contribution in [3.8, 4) is 0 Å². The fourth-order valence-corrected chi connectivity index (χ4v) is 1.95. The van der Waals surface area contributed by atoms with Crippen LogP contribution in [0.2, 0.25) is 0 Å². The Morgan fingerprint density at radius 3 is 2.38 bits per heavy atom. The van der Waals surface area contributed by atoms with E-state index in [2.05, 4.69) is 30.4 Å². The van der Waals surface area contributed by atoms with Crippen LogP contribution in [-0.4, -0.2) is 49.1 Å². The molecule has 13 heavy (non-hydrogen) atoms. The minimum Gasteiger partial charge on any atom is -0.304 e. The van der Waals surface area contributed by atoms with Crippen molar-refractivity contribution in [2.45, 2.75) is 25.8 Å². The number of likely N-dealkylation sites (N-methyl/N-ethyl adjacent to an activating group) is 1. The molecule has 0 radical (unpaired) electrons. The maximum absolute atomic E-state index is 3.82. The van der Waals surface area contributed by atoms with Gasteiger partial charge in [0.2, 0.25) is 0 Å². The maximum atomic E-state index is 3.82. The minimum absolute atomic E-state index is 0.728. The maximum Gasteiger partial charge on any atom is 0.0128 e. The van der Waals surface area contributed by atoms with Crippen molar-refractivity contribution in [2.75, 3.05) is 33.2 Å². The van der Waals surface area contributed by atoms with E-state index in [-0.39, 0.29) is 0 Å². The third kappa shape index (κ3) is 3.12. The zero-order valence-electron chi connectivity index (χ0n) is 9.00. The summed E-state index contributed by atoms with van der Waals surface area (Å²) in [5, 5.41) is 0. The molecular formula is C11H22N2. The highest BCUT2D eigenvalue weighted by Crippen LogP contribution is 2.11. The average molecular weight is 182 g/mol. The average Bonchev–Trinajstić information content (AvgIpc) is 2.16. The second-order valence-corrected chi connectivity index (χ2v) is 3.93. The molecular weight excluding hydrogens is 160 g/mol. The second-order valence-electron chi connectivity index (χ2n) is 3.93. The standard InChI is InChI=1S/C11H22N2/c1-4-6-11(5-2)13-9-7-12(3)8-10-13/h4,11H,1,5-10H2,2-3H3. The normalized spacial score (nSPS) is 22.9. The van der Waals surface area contributed by atoms with Crippen LogP contribution >= 0.6 is 0 Å². The van der Waals surface area contributed by atoms with E-state index in [0.717, 1.165) is 12.5 Å². The van der Waals surface area contributed by atoms with Gasteiger partial charge in [0.15, 0.2) is 0 Å². The molecule has 1 aliphatic rings. The summed E-state index contributed by atoms with van der Waals surface area (Å²) in [6.45, 7) is 11.0. The number of nitrogens with zero attached hydrogens (tertiary/aromatic N) is 2. The summed E-state index contributed by atoms with van der Waals surface area (Å²) in [7, 11) is 2.20. The topological polar surface area (TPSA) is 6.48 Å². The molecule has 0 aromatic rings. The third-order valence-corrected chi connectivity index (χ3v) is 2.96. The van der Waals surface area contributed by atoms with E-state index in [9.17, 15) is 0 Å². The molecule has 1 fully saturated rings. The Morgan fingerprint density at radius 1 is 1.31 bits per heavy atom. The van der Waals surface area contributed by atoms with Crippen LogP contribution in [0, 0.1) is 0 Å². The predicted octanol–water partition coefficient (Wildman–Crippen LogP) is 1.59. The summed E-state index contributed by atoms with van der Waals surface area (Å²) in [6, 6.07) is 0.728. The molecule has 1 unspecified atom stereocenters. The summed E-state index contributed by atoms with van der Waals surface area (Å²) in [6.07, 6.45) is 4.43. The van der Waals surface area contributed by atoms with Gasteiger partial charge < -0.3 is 4.90 Å². The van der Waals surface area contributed by atoms with Gasteiger partial charge in [-0.2, -0.15) is 0 Å². The lowest BCUT2D eigenvalue weighted by Crippen LogP contribution is -2.48. The fraction of sp³-hybridized carbons (Fsp3) is 0.818. The largest absolute Gasteiger partial charge is 0.304 e. The monoisotopic (exact) mass is 182 g/mol. The van der Waals surface area contributed by atoms with Crippen molar-refractivity contribution in [3.05, 3.63) is 12.7 Å². The quantitative estimate of drug-likeness (QED) is 0.609. The summed E-state index contributed by atoms with van der Waals surface area (Å²) >= 11 is 0. The summed E-state index contributed by atoms with van der Waals surface area (Å²) < 4.78 is 0. The third-order valence-electron chi connectivity index (χ3n) is 2.96. The summed E-state index contributed by atoms with van der Waals surface area (Å²) in [4.78, 5) is 5.00. The van der Waals surface area contributed by atoms with E-state index in [1.807, 2.05) is 6.08 Å². The molecule has 0 N–H and O–H groups in total. The smallest absolute Gasteiger partial charge is 0.0128 e. The molecule has 0 aromatic carbocycles. The van der Waals surface area contributed by atoms with Gasteiger partial charge in [-0.3, -0.25) is 4.90 Å².